The molecule has 1 aliphatic heterocycles. The van der Waals surface area contributed by atoms with Crippen molar-refractivity contribution in [2.24, 2.45) is 0 Å². The molecule has 0 unspecified atom stereocenters. The van der Waals surface area contributed by atoms with E-state index in [0.717, 1.165) is 50.8 Å². The van der Waals surface area contributed by atoms with Gasteiger partial charge in [0, 0.05) is 13.1 Å². The van der Waals surface area contributed by atoms with Crippen LogP contribution in [0.15, 0.2) is 48.5 Å². The van der Waals surface area contributed by atoms with Gasteiger partial charge in [0.1, 0.15) is 11.5 Å². The normalized spacial score (nSPS) is 15.8. The minimum atomic E-state index is 0.166. The van der Waals surface area contributed by atoms with E-state index >= 15 is 0 Å². The summed E-state index contributed by atoms with van der Waals surface area (Å²) in [6, 6.07) is 16.9. The number of aryl methyl sites for hydroxylation is 1. The monoisotopic (exact) mass is 353 g/mol. The first kappa shape index (κ1) is 18.9. The zero-order valence-corrected chi connectivity index (χ0v) is 16.3. The van der Waals surface area contributed by atoms with Crippen molar-refractivity contribution in [3.63, 3.8) is 0 Å². The highest BCUT2D eigenvalue weighted by Crippen LogP contribution is 2.27. The third-order valence-corrected chi connectivity index (χ3v) is 4.90. The van der Waals surface area contributed by atoms with Gasteiger partial charge < -0.3 is 9.47 Å². The van der Waals surface area contributed by atoms with Crippen molar-refractivity contribution in [1.29, 1.82) is 0 Å². The summed E-state index contributed by atoms with van der Waals surface area (Å²) in [5.41, 5.74) is 2.82. The van der Waals surface area contributed by atoms with Crippen LogP contribution in [0.4, 0.5) is 0 Å². The first-order valence-electron chi connectivity index (χ1n) is 9.68. The van der Waals surface area contributed by atoms with Crippen LogP contribution in [-0.2, 0) is 16.6 Å². The zero-order valence-electron chi connectivity index (χ0n) is 16.3. The Labute approximate surface area is 157 Å². The van der Waals surface area contributed by atoms with E-state index in [9.17, 15) is 0 Å². The lowest BCUT2D eigenvalue weighted by molar-refractivity contribution is 0.0374. The fraction of sp³-hybridized carbons (Fsp3) is 0.478. The second kappa shape index (κ2) is 8.70. The molecule has 0 amide bonds. The Kier molecular flexibility index (Phi) is 6.33. The molecule has 0 saturated carbocycles. The molecule has 0 atom stereocenters. The number of hydrogen-bond acceptors (Lipinski definition) is 3. The number of nitrogens with zero attached hydrogens (tertiary/aromatic N) is 1. The fourth-order valence-electron chi connectivity index (χ4n) is 3.26. The largest absolute Gasteiger partial charge is 0.457 e. The summed E-state index contributed by atoms with van der Waals surface area (Å²) in [6.45, 7) is 11.7. The van der Waals surface area contributed by atoms with Crippen molar-refractivity contribution in [1.82, 2.24) is 4.90 Å². The number of morpholine rings is 1. The molecule has 26 heavy (non-hydrogen) atoms. The standard InChI is InChI=1S/C23H31NO2/c1-23(2,3)20-9-11-21(12-10-20)26-22-8-4-6-19(18-22)7-5-13-24-14-16-25-17-15-24/h4,6,8-12,18H,5,7,13-17H2,1-3H3. The first-order chi connectivity index (χ1) is 12.5. The highest BCUT2D eigenvalue weighted by molar-refractivity contribution is 5.36. The summed E-state index contributed by atoms with van der Waals surface area (Å²) in [5.74, 6) is 1.81. The van der Waals surface area contributed by atoms with Crippen LogP contribution in [0, 0.1) is 0 Å². The van der Waals surface area contributed by atoms with Crippen molar-refractivity contribution in [2.45, 2.75) is 39.0 Å². The van der Waals surface area contributed by atoms with E-state index in [2.05, 4.69) is 68.1 Å². The molecule has 2 aromatic carbocycles. The maximum absolute atomic E-state index is 6.06. The minimum absolute atomic E-state index is 0.166. The van der Waals surface area contributed by atoms with E-state index in [0.29, 0.717) is 0 Å². The Hall–Kier alpha value is -1.84. The fourth-order valence-corrected chi connectivity index (χ4v) is 3.26. The van der Waals surface area contributed by atoms with E-state index in [1.165, 1.54) is 17.5 Å². The predicted octanol–water partition coefficient (Wildman–Crippen LogP) is 5.04. The second-order valence-electron chi connectivity index (χ2n) is 8.08. The van der Waals surface area contributed by atoms with E-state index in [-0.39, 0.29) is 5.41 Å². The molecular formula is C23H31NO2. The molecule has 3 rings (SSSR count). The Bertz CT molecular complexity index is 682. The molecular weight excluding hydrogens is 322 g/mol. The van der Waals surface area contributed by atoms with Crippen molar-refractivity contribution in [2.75, 3.05) is 32.8 Å². The van der Waals surface area contributed by atoms with Gasteiger partial charge in [0.15, 0.2) is 0 Å². The summed E-state index contributed by atoms with van der Waals surface area (Å²) in [5, 5.41) is 0. The van der Waals surface area contributed by atoms with Gasteiger partial charge in [-0.25, -0.2) is 0 Å². The Morgan fingerprint density at radius 1 is 0.962 bits per heavy atom. The molecule has 0 bridgehead atoms. The highest BCUT2D eigenvalue weighted by atomic mass is 16.5. The molecule has 2 aromatic rings. The molecule has 140 valence electrons. The van der Waals surface area contributed by atoms with Gasteiger partial charge in [-0.15, -0.1) is 0 Å². The summed E-state index contributed by atoms with van der Waals surface area (Å²) < 4.78 is 11.5. The van der Waals surface area contributed by atoms with Crippen LogP contribution in [-0.4, -0.2) is 37.7 Å². The Balaban J connectivity index is 1.53. The van der Waals surface area contributed by atoms with E-state index in [1.807, 2.05) is 6.07 Å². The van der Waals surface area contributed by atoms with Crippen molar-refractivity contribution >= 4 is 0 Å². The molecule has 0 aliphatic carbocycles. The zero-order chi connectivity index (χ0) is 18.4. The number of hydrogen-bond donors (Lipinski definition) is 0. The smallest absolute Gasteiger partial charge is 0.127 e. The molecule has 1 heterocycles. The summed E-state index contributed by atoms with van der Waals surface area (Å²) in [6.07, 6.45) is 2.25. The van der Waals surface area contributed by atoms with E-state index in [1.54, 1.807) is 0 Å². The Morgan fingerprint density at radius 2 is 1.69 bits per heavy atom. The lowest BCUT2D eigenvalue weighted by Crippen LogP contribution is -2.36. The lowest BCUT2D eigenvalue weighted by atomic mass is 9.87. The predicted molar refractivity (Wildman–Crippen MR) is 107 cm³/mol. The van der Waals surface area contributed by atoms with Gasteiger partial charge in [0.25, 0.3) is 0 Å². The molecule has 0 N–H and O–H groups in total. The molecule has 3 nitrogen and oxygen atoms in total. The van der Waals surface area contributed by atoms with Gasteiger partial charge in [0.05, 0.1) is 13.2 Å². The third kappa shape index (κ3) is 5.58. The van der Waals surface area contributed by atoms with Gasteiger partial charge in [-0.1, -0.05) is 45.0 Å². The maximum Gasteiger partial charge on any atom is 0.127 e. The van der Waals surface area contributed by atoms with E-state index in [4.69, 9.17) is 9.47 Å². The van der Waals surface area contributed by atoms with Gasteiger partial charge in [0.2, 0.25) is 0 Å². The van der Waals surface area contributed by atoms with Crippen LogP contribution in [0.5, 0.6) is 11.5 Å². The van der Waals surface area contributed by atoms with Gasteiger partial charge in [-0.3, -0.25) is 4.90 Å². The summed E-state index contributed by atoms with van der Waals surface area (Å²) in [4.78, 5) is 2.49. The minimum Gasteiger partial charge on any atom is -0.457 e. The third-order valence-electron chi connectivity index (χ3n) is 4.90. The SMILES string of the molecule is CC(C)(C)c1ccc(Oc2cccc(CCCN3CCOCC3)c2)cc1. The average Bonchev–Trinajstić information content (AvgIpc) is 2.63. The summed E-state index contributed by atoms with van der Waals surface area (Å²) in [7, 11) is 0. The topological polar surface area (TPSA) is 21.7 Å². The highest BCUT2D eigenvalue weighted by Gasteiger charge is 2.13. The van der Waals surface area contributed by atoms with Crippen molar-refractivity contribution < 1.29 is 9.47 Å². The molecule has 1 saturated heterocycles. The van der Waals surface area contributed by atoms with Crippen LogP contribution in [0.25, 0.3) is 0 Å². The lowest BCUT2D eigenvalue weighted by Gasteiger charge is -2.26. The number of rotatable bonds is 6. The van der Waals surface area contributed by atoms with Crippen LogP contribution >= 0.6 is 0 Å². The number of ether oxygens (including phenoxy) is 2. The Morgan fingerprint density at radius 3 is 2.38 bits per heavy atom. The number of benzene rings is 2. The molecule has 3 heteroatoms. The van der Waals surface area contributed by atoms with Crippen LogP contribution < -0.4 is 4.74 Å². The van der Waals surface area contributed by atoms with Gasteiger partial charge in [-0.05, 0) is 60.2 Å². The van der Waals surface area contributed by atoms with Crippen molar-refractivity contribution in [3.8, 4) is 11.5 Å². The maximum atomic E-state index is 6.06. The van der Waals surface area contributed by atoms with Crippen LogP contribution in [0.3, 0.4) is 0 Å². The first-order valence-corrected chi connectivity index (χ1v) is 9.68. The van der Waals surface area contributed by atoms with Gasteiger partial charge in [-0.2, -0.15) is 0 Å². The van der Waals surface area contributed by atoms with Crippen molar-refractivity contribution in [3.05, 3.63) is 59.7 Å². The second-order valence-corrected chi connectivity index (χ2v) is 8.08. The van der Waals surface area contributed by atoms with Gasteiger partial charge >= 0.3 is 0 Å². The quantitative estimate of drug-likeness (QED) is 0.726. The summed E-state index contributed by atoms with van der Waals surface area (Å²) >= 11 is 0. The molecule has 0 spiro atoms. The van der Waals surface area contributed by atoms with Crippen LogP contribution in [0.1, 0.15) is 38.3 Å². The molecule has 0 radical (unpaired) electrons. The molecule has 1 fully saturated rings. The molecule has 1 aliphatic rings. The molecule has 0 aromatic heterocycles. The van der Waals surface area contributed by atoms with Crippen LogP contribution in [0.2, 0.25) is 0 Å². The average molecular weight is 354 g/mol. The van der Waals surface area contributed by atoms with E-state index < -0.39 is 0 Å².